The number of ether oxygens (including phenoxy) is 1. The molecule has 2 aromatic carbocycles. The number of nitriles is 1. The number of nitrogens with zero attached hydrogens (tertiary/aromatic N) is 2. The van der Waals surface area contributed by atoms with E-state index in [9.17, 15) is 0 Å². The molecule has 0 amide bonds. The summed E-state index contributed by atoms with van der Waals surface area (Å²) in [7, 11) is 0. The highest BCUT2D eigenvalue weighted by Crippen LogP contribution is 2.28. The highest BCUT2D eigenvalue weighted by Gasteiger charge is 2.08. The van der Waals surface area contributed by atoms with Crippen molar-refractivity contribution in [2.75, 3.05) is 6.61 Å². The number of oxime groups is 1. The molecular formula is C18H12I2N2O2. The molecule has 0 aromatic heterocycles. The lowest BCUT2D eigenvalue weighted by Crippen LogP contribution is -1.99. The Labute approximate surface area is 168 Å². The fourth-order valence-corrected chi connectivity index (χ4v) is 3.99. The first kappa shape index (κ1) is 18.6. The van der Waals surface area contributed by atoms with E-state index in [2.05, 4.69) is 62.3 Å². The number of rotatable bonds is 6. The quantitative estimate of drug-likeness (QED) is 0.237. The fourth-order valence-electron chi connectivity index (χ4n) is 1.87. The first-order chi connectivity index (χ1) is 11.7. The zero-order chi connectivity index (χ0) is 17.4. The maximum atomic E-state index is 9.03. The van der Waals surface area contributed by atoms with Gasteiger partial charge in [-0.15, -0.1) is 6.42 Å². The van der Waals surface area contributed by atoms with E-state index in [1.165, 1.54) is 0 Å². The first-order valence-corrected chi connectivity index (χ1v) is 9.00. The SMILES string of the molecule is C#CCOc1c(I)cc(/C=N\OCc2ccccc2C#N)cc1I. The predicted molar refractivity (Wildman–Crippen MR) is 110 cm³/mol. The number of hydrogen-bond acceptors (Lipinski definition) is 4. The van der Waals surface area contributed by atoms with E-state index >= 15 is 0 Å². The minimum absolute atomic E-state index is 0.237. The van der Waals surface area contributed by atoms with Gasteiger partial charge in [0.25, 0.3) is 0 Å². The van der Waals surface area contributed by atoms with Crippen molar-refractivity contribution in [1.29, 1.82) is 5.26 Å². The summed E-state index contributed by atoms with van der Waals surface area (Å²) in [6.07, 6.45) is 6.85. The summed E-state index contributed by atoms with van der Waals surface area (Å²) in [4.78, 5) is 5.30. The molecule has 0 heterocycles. The molecule has 0 atom stereocenters. The number of terminal acetylenes is 1. The maximum absolute atomic E-state index is 9.03. The molecule has 0 unspecified atom stereocenters. The molecule has 0 aliphatic rings. The van der Waals surface area contributed by atoms with Crippen molar-refractivity contribution in [3.05, 3.63) is 60.2 Å². The van der Waals surface area contributed by atoms with Crippen molar-refractivity contribution in [3.8, 4) is 24.2 Å². The molecule has 0 spiro atoms. The van der Waals surface area contributed by atoms with Crippen LogP contribution in [0.4, 0.5) is 0 Å². The lowest BCUT2D eigenvalue weighted by molar-refractivity contribution is 0.132. The zero-order valence-corrected chi connectivity index (χ0v) is 16.8. The van der Waals surface area contributed by atoms with Crippen LogP contribution in [0.3, 0.4) is 0 Å². The third-order valence-corrected chi connectivity index (χ3v) is 4.56. The van der Waals surface area contributed by atoms with Gasteiger partial charge in [-0.1, -0.05) is 29.3 Å². The lowest BCUT2D eigenvalue weighted by Gasteiger charge is -2.08. The molecule has 0 bridgehead atoms. The average Bonchev–Trinajstić information content (AvgIpc) is 2.58. The topological polar surface area (TPSA) is 54.6 Å². The molecule has 24 heavy (non-hydrogen) atoms. The second kappa shape index (κ2) is 9.50. The molecule has 6 heteroatoms. The smallest absolute Gasteiger partial charge is 0.148 e. The van der Waals surface area contributed by atoms with E-state index in [1.54, 1.807) is 12.3 Å². The van der Waals surface area contributed by atoms with E-state index in [1.807, 2.05) is 30.3 Å². The Kier molecular flexibility index (Phi) is 7.35. The Balaban J connectivity index is 2.02. The van der Waals surface area contributed by atoms with Gasteiger partial charge in [0.15, 0.2) is 0 Å². The van der Waals surface area contributed by atoms with Gasteiger partial charge in [0.2, 0.25) is 0 Å². The van der Waals surface area contributed by atoms with Crippen molar-refractivity contribution in [2.24, 2.45) is 5.16 Å². The predicted octanol–water partition coefficient (Wildman–Crippen LogP) is 4.33. The van der Waals surface area contributed by atoms with E-state index in [-0.39, 0.29) is 13.2 Å². The average molecular weight is 542 g/mol. The third-order valence-electron chi connectivity index (χ3n) is 2.95. The molecular weight excluding hydrogens is 530 g/mol. The van der Waals surface area contributed by atoms with Crippen LogP contribution in [-0.2, 0) is 11.4 Å². The van der Waals surface area contributed by atoms with Gasteiger partial charge in [0.05, 0.1) is 25.0 Å². The Morgan fingerprint density at radius 1 is 1.21 bits per heavy atom. The van der Waals surface area contributed by atoms with Crippen LogP contribution in [0, 0.1) is 30.8 Å². The fraction of sp³-hybridized carbons (Fsp3) is 0.111. The van der Waals surface area contributed by atoms with Gasteiger partial charge in [0, 0.05) is 5.56 Å². The van der Waals surface area contributed by atoms with E-state index in [4.69, 9.17) is 21.3 Å². The Morgan fingerprint density at radius 2 is 1.92 bits per heavy atom. The molecule has 0 N–H and O–H groups in total. The summed E-state index contributed by atoms with van der Waals surface area (Å²) in [5, 5.41) is 13.0. The van der Waals surface area contributed by atoms with Crippen LogP contribution in [-0.4, -0.2) is 12.8 Å². The largest absolute Gasteiger partial charge is 0.479 e. The van der Waals surface area contributed by atoms with Gasteiger partial charge in [-0.2, -0.15) is 5.26 Å². The van der Waals surface area contributed by atoms with E-state index in [0.717, 1.165) is 24.0 Å². The standard InChI is InChI=1S/C18H12I2N2O2/c1-2-7-23-18-16(19)8-13(9-17(18)20)11-22-24-12-15-6-4-3-5-14(15)10-21/h1,3-6,8-9,11H,7,12H2/b22-11-. The van der Waals surface area contributed by atoms with Crippen LogP contribution < -0.4 is 4.74 Å². The molecule has 4 nitrogen and oxygen atoms in total. The van der Waals surface area contributed by atoms with Gasteiger partial charge in [-0.3, -0.25) is 0 Å². The van der Waals surface area contributed by atoms with E-state index in [0.29, 0.717) is 5.56 Å². The number of hydrogen-bond donors (Lipinski definition) is 0. The van der Waals surface area contributed by atoms with Crippen molar-refractivity contribution in [2.45, 2.75) is 6.61 Å². The summed E-state index contributed by atoms with van der Waals surface area (Å²) < 4.78 is 7.42. The maximum Gasteiger partial charge on any atom is 0.148 e. The Hall–Kier alpha value is -1.78. The zero-order valence-electron chi connectivity index (χ0n) is 12.5. The summed E-state index contributed by atoms with van der Waals surface area (Å²) in [5.74, 6) is 3.23. The monoisotopic (exact) mass is 542 g/mol. The summed E-state index contributed by atoms with van der Waals surface area (Å²) in [6.45, 7) is 0.485. The molecule has 0 aliphatic carbocycles. The van der Waals surface area contributed by atoms with Crippen molar-refractivity contribution in [3.63, 3.8) is 0 Å². The molecule has 2 rings (SSSR count). The van der Waals surface area contributed by atoms with Gasteiger partial charge in [0.1, 0.15) is 19.0 Å². The minimum atomic E-state index is 0.237. The van der Waals surface area contributed by atoms with Gasteiger partial charge in [-0.25, -0.2) is 0 Å². The molecule has 0 saturated heterocycles. The van der Waals surface area contributed by atoms with Crippen LogP contribution in [0.25, 0.3) is 0 Å². The normalized spacial score (nSPS) is 10.2. The molecule has 120 valence electrons. The minimum Gasteiger partial charge on any atom is -0.479 e. The highest BCUT2D eigenvalue weighted by atomic mass is 127. The van der Waals surface area contributed by atoms with Crippen LogP contribution >= 0.6 is 45.2 Å². The van der Waals surface area contributed by atoms with Crippen molar-refractivity contribution < 1.29 is 9.57 Å². The Morgan fingerprint density at radius 3 is 2.58 bits per heavy atom. The van der Waals surface area contributed by atoms with Crippen LogP contribution in [0.5, 0.6) is 5.75 Å². The highest BCUT2D eigenvalue weighted by molar-refractivity contribution is 14.1. The molecule has 0 saturated carbocycles. The number of benzene rings is 2. The summed E-state index contributed by atoms with van der Waals surface area (Å²) in [6, 6.07) is 13.3. The van der Waals surface area contributed by atoms with Crippen LogP contribution in [0.1, 0.15) is 16.7 Å². The molecule has 0 radical (unpaired) electrons. The Bertz CT molecular complexity index is 813. The number of halogens is 2. The lowest BCUT2D eigenvalue weighted by atomic mass is 10.1. The van der Waals surface area contributed by atoms with Gasteiger partial charge in [-0.05, 0) is 68.9 Å². The van der Waals surface area contributed by atoms with Crippen LogP contribution in [0.2, 0.25) is 0 Å². The van der Waals surface area contributed by atoms with Crippen molar-refractivity contribution >= 4 is 51.4 Å². The van der Waals surface area contributed by atoms with Crippen LogP contribution in [0.15, 0.2) is 41.6 Å². The molecule has 2 aromatic rings. The summed E-state index contributed by atoms with van der Waals surface area (Å²) in [5.41, 5.74) is 2.29. The molecule has 0 fully saturated rings. The third kappa shape index (κ3) is 5.11. The second-order valence-corrected chi connectivity index (χ2v) is 6.91. The van der Waals surface area contributed by atoms with Gasteiger partial charge >= 0.3 is 0 Å². The first-order valence-electron chi connectivity index (χ1n) is 6.84. The van der Waals surface area contributed by atoms with E-state index < -0.39 is 0 Å². The second-order valence-electron chi connectivity index (χ2n) is 4.58. The van der Waals surface area contributed by atoms with Gasteiger partial charge < -0.3 is 9.57 Å². The molecule has 0 aliphatic heterocycles. The summed E-state index contributed by atoms with van der Waals surface area (Å²) >= 11 is 4.39. The van der Waals surface area contributed by atoms with Crippen molar-refractivity contribution in [1.82, 2.24) is 0 Å².